The summed E-state index contributed by atoms with van der Waals surface area (Å²) in [6.45, 7) is 1.44. The third-order valence-electron chi connectivity index (χ3n) is 8.03. The highest BCUT2D eigenvalue weighted by atomic mass is 35.5. The number of aliphatic hydroxyl groups excluding tert-OH is 1. The number of rotatable bonds is 7. The molecule has 0 saturated heterocycles. The summed E-state index contributed by atoms with van der Waals surface area (Å²) in [6.07, 6.45) is 4.11. The van der Waals surface area contributed by atoms with Gasteiger partial charge in [0, 0.05) is 35.6 Å². The number of fused-ring (bicyclic) bond motifs is 1. The summed E-state index contributed by atoms with van der Waals surface area (Å²) in [5.41, 5.74) is -1.51. The molecule has 2 aromatic carbocycles. The molecule has 1 fully saturated rings. The van der Waals surface area contributed by atoms with E-state index in [1.807, 2.05) is 6.07 Å². The van der Waals surface area contributed by atoms with Gasteiger partial charge in [0.15, 0.2) is 0 Å². The van der Waals surface area contributed by atoms with Crippen molar-refractivity contribution in [2.24, 2.45) is 7.05 Å². The van der Waals surface area contributed by atoms with Crippen molar-refractivity contribution >= 4 is 17.5 Å². The summed E-state index contributed by atoms with van der Waals surface area (Å²) in [5, 5.41) is 35.3. The second kappa shape index (κ2) is 10.3. The smallest absolute Gasteiger partial charge is 0.257 e. The fourth-order valence-corrected chi connectivity index (χ4v) is 5.76. The number of amides is 1. The van der Waals surface area contributed by atoms with E-state index in [0.717, 1.165) is 0 Å². The van der Waals surface area contributed by atoms with E-state index in [9.17, 15) is 20.3 Å². The maximum absolute atomic E-state index is 16.6. The lowest BCUT2D eigenvalue weighted by molar-refractivity contribution is -0.191. The quantitative estimate of drug-likeness (QED) is 0.333. The van der Waals surface area contributed by atoms with E-state index in [2.05, 4.69) is 10.1 Å². The predicted octanol–water partition coefficient (Wildman–Crippen LogP) is 4.13. The monoisotopic (exact) mass is 587 g/mol. The van der Waals surface area contributed by atoms with Gasteiger partial charge in [-0.3, -0.25) is 19.4 Å². The van der Waals surface area contributed by atoms with E-state index in [-0.39, 0.29) is 23.2 Å². The Bertz CT molecular complexity index is 1710. The van der Waals surface area contributed by atoms with E-state index < -0.39 is 35.3 Å². The lowest BCUT2D eigenvalue weighted by Crippen LogP contribution is -2.51. The van der Waals surface area contributed by atoms with Crippen LogP contribution in [-0.2, 0) is 29.7 Å². The minimum absolute atomic E-state index is 0.00408. The van der Waals surface area contributed by atoms with Gasteiger partial charge in [-0.05, 0) is 61.7 Å². The fraction of sp³-hybridized carbons (Fsp3) is 0.290. The van der Waals surface area contributed by atoms with E-state index in [1.54, 1.807) is 49.6 Å². The summed E-state index contributed by atoms with van der Waals surface area (Å²) >= 11 is 6.21. The van der Waals surface area contributed by atoms with Gasteiger partial charge in [-0.25, -0.2) is 4.39 Å². The van der Waals surface area contributed by atoms with Crippen molar-refractivity contribution < 1.29 is 24.1 Å². The number of hydrogen-bond acceptors (Lipinski definition) is 7. The molecule has 0 bridgehead atoms. The number of halogens is 2. The summed E-state index contributed by atoms with van der Waals surface area (Å²) < 4.78 is 24.8. The van der Waals surface area contributed by atoms with Crippen LogP contribution in [0.2, 0.25) is 5.02 Å². The Kier molecular flexibility index (Phi) is 6.86. The van der Waals surface area contributed by atoms with Crippen LogP contribution in [0.25, 0.3) is 0 Å². The van der Waals surface area contributed by atoms with Crippen molar-refractivity contribution in [3.05, 3.63) is 117 Å². The van der Waals surface area contributed by atoms with E-state index in [0.29, 0.717) is 40.2 Å². The Balaban J connectivity index is 1.56. The molecule has 11 heteroatoms. The van der Waals surface area contributed by atoms with Gasteiger partial charge in [-0.2, -0.15) is 10.4 Å². The molecule has 1 aliphatic carbocycles. The molecule has 1 aliphatic heterocycles. The van der Waals surface area contributed by atoms with Crippen LogP contribution >= 0.6 is 11.6 Å². The lowest BCUT2D eigenvalue weighted by Gasteiger charge is -2.45. The molecule has 0 radical (unpaired) electrons. The first-order valence-corrected chi connectivity index (χ1v) is 13.8. The maximum atomic E-state index is 16.6. The van der Waals surface area contributed by atoms with Gasteiger partial charge >= 0.3 is 0 Å². The topological polar surface area (TPSA) is 125 Å². The Labute approximate surface area is 246 Å². The van der Waals surface area contributed by atoms with Crippen LogP contribution in [0.4, 0.5) is 4.39 Å². The Hall–Kier alpha value is -4.14. The molecule has 1 unspecified atom stereocenters. The second-order valence-corrected chi connectivity index (χ2v) is 11.3. The van der Waals surface area contributed by atoms with Crippen LogP contribution in [0.15, 0.2) is 67.1 Å². The van der Waals surface area contributed by atoms with Crippen molar-refractivity contribution in [2.75, 3.05) is 0 Å². The summed E-state index contributed by atoms with van der Waals surface area (Å²) in [7, 11) is 1.71. The molecule has 1 amide bonds. The van der Waals surface area contributed by atoms with Crippen LogP contribution in [0.1, 0.15) is 63.6 Å². The molecule has 2 N–H and O–H groups in total. The van der Waals surface area contributed by atoms with Crippen molar-refractivity contribution in [1.82, 2.24) is 19.7 Å². The summed E-state index contributed by atoms with van der Waals surface area (Å²) in [4.78, 5) is 20.1. The van der Waals surface area contributed by atoms with Crippen LogP contribution in [-0.4, -0.2) is 48.0 Å². The number of aryl methyl sites for hydroxylation is 1. The second-order valence-electron chi connectivity index (χ2n) is 10.9. The van der Waals surface area contributed by atoms with Crippen LogP contribution < -0.4 is 0 Å². The Morgan fingerprint density at radius 2 is 1.93 bits per heavy atom. The van der Waals surface area contributed by atoms with Gasteiger partial charge in [-0.15, -0.1) is 0 Å². The number of carbonyl (C=O) groups excluding carboxylic acids is 1. The average molecular weight is 588 g/mol. The SMILES string of the molecule is Cn1cc(C(C)(O)c2cc(F)c3c(c2)C(=O)N(Cc2ccc(C#N)cn2)[C@@]3(OC2CC(O)C2)c2ccc(Cl)cc2)cn1. The van der Waals surface area contributed by atoms with Crippen molar-refractivity contribution in [3.63, 3.8) is 0 Å². The molecule has 4 aromatic rings. The number of ether oxygens (including phenoxy) is 1. The minimum atomic E-state index is -1.74. The van der Waals surface area contributed by atoms with Gasteiger partial charge in [0.25, 0.3) is 5.91 Å². The molecule has 42 heavy (non-hydrogen) atoms. The number of pyridine rings is 1. The lowest BCUT2D eigenvalue weighted by atomic mass is 9.85. The van der Waals surface area contributed by atoms with Crippen LogP contribution in [0.3, 0.4) is 0 Å². The van der Waals surface area contributed by atoms with Crippen molar-refractivity contribution in [3.8, 4) is 6.07 Å². The first-order valence-electron chi connectivity index (χ1n) is 13.4. The molecular formula is C31H27ClFN5O4. The molecule has 1 saturated carbocycles. The molecule has 3 heterocycles. The van der Waals surface area contributed by atoms with Gasteiger partial charge in [0.1, 0.15) is 17.5 Å². The molecule has 2 atom stereocenters. The number of benzene rings is 2. The molecule has 2 aliphatic rings. The molecule has 6 rings (SSSR count). The number of nitriles is 1. The number of nitrogens with zero attached hydrogens (tertiary/aromatic N) is 5. The number of hydrogen-bond donors (Lipinski definition) is 2. The molecule has 2 aromatic heterocycles. The zero-order valence-electron chi connectivity index (χ0n) is 22.8. The third kappa shape index (κ3) is 4.55. The van der Waals surface area contributed by atoms with E-state index in [1.165, 1.54) is 41.0 Å². The maximum Gasteiger partial charge on any atom is 0.257 e. The van der Waals surface area contributed by atoms with Crippen molar-refractivity contribution in [1.29, 1.82) is 5.26 Å². The Morgan fingerprint density at radius 3 is 2.52 bits per heavy atom. The first kappa shape index (κ1) is 28.0. The van der Waals surface area contributed by atoms with Gasteiger partial charge in [0.2, 0.25) is 5.72 Å². The highest BCUT2D eigenvalue weighted by molar-refractivity contribution is 6.30. The zero-order chi connectivity index (χ0) is 29.8. The zero-order valence-corrected chi connectivity index (χ0v) is 23.6. The van der Waals surface area contributed by atoms with Gasteiger partial charge in [0.05, 0.1) is 47.3 Å². The third-order valence-corrected chi connectivity index (χ3v) is 8.28. The van der Waals surface area contributed by atoms with Crippen LogP contribution in [0.5, 0.6) is 0 Å². The Morgan fingerprint density at radius 1 is 1.19 bits per heavy atom. The molecule has 0 spiro atoms. The van der Waals surface area contributed by atoms with E-state index >= 15 is 4.39 Å². The molecular weight excluding hydrogens is 561 g/mol. The van der Waals surface area contributed by atoms with Crippen LogP contribution in [0, 0.1) is 17.1 Å². The number of aromatic nitrogens is 3. The van der Waals surface area contributed by atoms with Gasteiger partial charge in [-0.1, -0.05) is 23.7 Å². The fourth-order valence-electron chi connectivity index (χ4n) is 5.63. The van der Waals surface area contributed by atoms with E-state index in [4.69, 9.17) is 16.3 Å². The summed E-state index contributed by atoms with van der Waals surface area (Å²) in [6, 6.07) is 14.6. The van der Waals surface area contributed by atoms with Gasteiger partial charge < -0.3 is 14.9 Å². The normalized spacial score (nSPS) is 22.8. The first-order chi connectivity index (χ1) is 20.0. The summed E-state index contributed by atoms with van der Waals surface area (Å²) in [5.74, 6) is -1.28. The van der Waals surface area contributed by atoms with Crippen molar-refractivity contribution in [2.45, 2.75) is 49.8 Å². The predicted molar refractivity (Wildman–Crippen MR) is 149 cm³/mol. The highest BCUT2D eigenvalue weighted by Gasteiger charge is 2.56. The highest BCUT2D eigenvalue weighted by Crippen LogP contribution is 2.50. The minimum Gasteiger partial charge on any atom is -0.393 e. The average Bonchev–Trinajstić information content (AvgIpc) is 3.50. The number of aliphatic hydroxyl groups is 2. The standard InChI is InChI=1S/C31H27ClFN5O4/c1-30(41,21-15-36-37(2)16-21)20-9-26-28(27(33)10-20)31(42-25-11-24(39)12-25,19-4-6-22(32)7-5-19)38(29(26)40)17-23-8-3-18(13-34)14-35-23/h3-10,14-16,24-25,39,41H,11-12,17H2,1-2H3/t24?,25?,30?,31-/m1/s1. The largest absolute Gasteiger partial charge is 0.393 e. The molecule has 9 nitrogen and oxygen atoms in total. The molecule has 214 valence electrons. The number of carbonyl (C=O) groups is 1.